The summed E-state index contributed by atoms with van der Waals surface area (Å²) < 4.78 is 5.94. The highest BCUT2D eigenvalue weighted by Crippen LogP contribution is 2.42. The molecule has 0 saturated heterocycles. The molecule has 1 aliphatic rings. The summed E-state index contributed by atoms with van der Waals surface area (Å²) in [4.78, 5) is 15.1. The minimum absolute atomic E-state index is 0.0743. The third kappa shape index (κ3) is 4.81. The quantitative estimate of drug-likeness (QED) is 0.425. The second kappa shape index (κ2) is 8.99. The van der Waals surface area contributed by atoms with Crippen LogP contribution >= 0.6 is 22.9 Å². The highest BCUT2D eigenvalue weighted by molar-refractivity contribution is 7.11. The summed E-state index contributed by atoms with van der Waals surface area (Å²) in [6.07, 6.45) is 5.23. The Kier molecular flexibility index (Phi) is 6.35. The predicted octanol–water partition coefficient (Wildman–Crippen LogP) is 6.65. The molecule has 0 radical (unpaired) electrons. The van der Waals surface area contributed by atoms with Gasteiger partial charge in [0.2, 0.25) is 0 Å². The fourth-order valence-electron chi connectivity index (χ4n) is 4.14. The van der Waals surface area contributed by atoms with Crippen molar-refractivity contribution >= 4 is 22.9 Å². The monoisotopic (exact) mass is 442 g/mol. The molecule has 1 atom stereocenters. The molecule has 4 rings (SSSR count). The van der Waals surface area contributed by atoms with Crippen LogP contribution in [-0.4, -0.2) is 5.11 Å². The van der Waals surface area contributed by atoms with E-state index in [2.05, 4.69) is 0 Å². The Balaban J connectivity index is 1.70. The molecule has 1 N–H and O–H groups in total. The van der Waals surface area contributed by atoms with Gasteiger partial charge in [-0.2, -0.15) is 0 Å². The lowest BCUT2D eigenvalue weighted by atomic mass is 9.88. The van der Waals surface area contributed by atoms with Gasteiger partial charge in [0, 0.05) is 32.7 Å². The van der Waals surface area contributed by atoms with Crippen LogP contribution in [-0.2, 0) is 19.3 Å². The number of aryl methyl sites for hydroxylation is 1. The van der Waals surface area contributed by atoms with Crippen molar-refractivity contribution < 1.29 is 9.52 Å². The highest BCUT2D eigenvalue weighted by Gasteiger charge is 2.31. The van der Waals surface area contributed by atoms with E-state index in [0.717, 1.165) is 28.8 Å². The summed E-state index contributed by atoms with van der Waals surface area (Å²) >= 11 is 7.68. The Bertz CT molecular complexity index is 1080. The topological polar surface area (TPSA) is 50.4 Å². The van der Waals surface area contributed by atoms with E-state index in [1.165, 1.54) is 17.7 Å². The SMILES string of the molecule is CCc1c(C(Cc2ccc(Cl)cc2)CC2CC2)oc(=O)c(Cc2ccc(C)s2)c1O. The molecule has 0 aliphatic heterocycles. The fraction of sp³-hybridized carbons (Fsp3) is 0.400. The van der Waals surface area contributed by atoms with Crippen LogP contribution in [0.3, 0.4) is 0 Å². The largest absolute Gasteiger partial charge is 0.507 e. The van der Waals surface area contributed by atoms with Gasteiger partial charge in [0.05, 0.1) is 5.56 Å². The summed E-state index contributed by atoms with van der Waals surface area (Å²) in [5, 5.41) is 11.8. The number of hydrogen-bond donors (Lipinski definition) is 1. The molecular weight excluding hydrogens is 416 g/mol. The summed E-state index contributed by atoms with van der Waals surface area (Å²) in [6.45, 7) is 4.05. The first-order valence-electron chi connectivity index (χ1n) is 10.6. The van der Waals surface area contributed by atoms with Crippen molar-refractivity contribution in [3.05, 3.63) is 84.0 Å². The van der Waals surface area contributed by atoms with E-state index in [-0.39, 0.29) is 11.7 Å². The number of hydrogen-bond acceptors (Lipinski definition) is 4. The molecule has 1 saturated carbocycles. The summed E-state index contributed by atoms with van der Waals surface area (Å²) in [7, 11) is 0. The number of thiophene rings is 1. The van der Waals surface area contributed by atoms with Crippen molar-refractivity contribution in [3.63, 3.8) is 0 Å². The second-order valence-electron chi connectivity index (χ2n) is 8.31. The Labute approximate surface area is 186 Å². The molecule has 0 amide bonds. The van der Waals surface area contributed by atoms with Crippen molar-refractivity contribution in [2.24, 2.45) is 5.92 Å². The van der Waals surface area contributed by atoms with Gasteiger partial charge >= 0.3 is 5.63 Å². The second-order valence-corrected chi connectivity index (χ2v) is 10.1. The van der Waals surface area contributed by atoms with Crippen molar-refractivity contribution in [1.29, 1.82) is 0 Å². The molecular formula is C25H27ClO3S. The summed E-state index contributed by atoms with van der Waals surface area (Å²) in [5.74, 6) is 1.53. The Hall–Kier alpha value is -2.04. The van der Waals surface area contributed by atoms with E-state index in [0.29, 0.717) is 35.1 Å². The number of halogens is 1. The molecule has 1 unspecified atom stereocenters. The van der Waals surface area contributed by atoms with Gasteiger partial charge < -0.3 is 9.52 Å². The predicted molar refractivity (Wildman–Crippen MR) is 123 cm³/mol. The van der Waals surface area contributed by atoms with E-state index in [9.17, 15) is 9.90 Å². The Morgan fingerprint density at radius 3 is 2.50 bits per heavy atom. The van der Waals surface area contributed by atoms with Crippen LogP contribution in [0, 0.1) is 12.8 Å². The number of rotatable bonds is 8. The molecule has 30 heavy (non-hydrogen) atoms. The van der Waals surface area contributed by atoms with Crippen LogP contribution < -0.4 is 5.63 Å². The van der Waals surface area contributed by atoms with E-state index < -0.39 is 5.63 Å². The van der Waals surface area contributed by atoms with Crippen LogP contribution in [0.1, 0.15) is 64.3 Å². The first-order chi connectivity index (χ1) is 14.4. The summed E-state index contributed by atoms with van der Waals surface area (Å²) in [5.41, 5.74) is 1.89. The maximum atomic E-state index is 12.9. The molecule has 5 heteroatoms. The Morgan fingerprint density at radius 2 is 1.90 bits per heavy atom. The van der Waals surface area contributed by atoms with E-state index in [1.807, 2.05) is 50.2 Å². The van der Waals surface area contributed by atoms with Crippen LogP contribution in [0.2, 0.25) is 5.02 Å². The normalized spacial score (nSPS) is 14.8. The lowest BCUT2D eigenvalue weighted by molar-refractivity contribution is 0.368. The van der Waals surface area contributed by atoms with Gasteiger partial charge in [0.15, 0.2) is 0 Å². The average Bonchev–Trinajstić information content (AvgIpc) is 3.45. The Morgan fingerprint density at radius 1 is 1.17 bits per heavy atom. The van der Waals surface area contributed by atoms with E-state index >= 15 is 0 Å². The fourth-order valence-corrected chi connectivity index (χ4v) is 5.17. The van der Waals surface area contributed by atoms with Crippen LogP contribution in [0.4, 0.5) is 0 Å². The van der Waals surface area contributed by atoms with Gasteiger partial charge in [0.25, 0.3) is 0 Å². The molecule has 3 nitrogen and oxygen atoms in total. The lowest BCUT2D eigenvalue weighted by Crippen LogP contribution is -2.16. The van der Waals surface area contributed by atoms with Gasteiger partial charge in [-0.25, -0.2) is 4.79 Å². The zero-order chi connectivity index (χ0) is 21.3. The lowest BCUT2D eigenvalue weighted by Gasteiger charge is -2.20. The molecule has 2 heterocycles. The number of aromatic hydroxyl groups is 1. The van der Waals surface area contributed by atoms with Crippen LogP contribution in [0.5, 0.6) is 5.75 Å². The maximum absolute atomic E-state index is 12.9. The van der Waals surface area contributed by atoms with Crippen LogP contribution in [0.15, 0.2) is 45.6 Å². The van der Waals surface area contributed by atoms with Crippen molar-refractivity contribution in [1.82, 2.24) is 0 Å². The molecule has 3 aromatic rings. The van der Waals surface area contributed by atoms with E-state index in [1.54, 1.807) is 11.3 Å². The number of benzene rings is 1. The van der Waals surface area contributed by atoms with Gasteiger partial charge in [-0.1, -0.05) is 43.5 Å². The maximum Gasteiger partial charge on any atom is 0.343 e. The molecule has 158 valence electrons. The van der Waals surface area contributed by atoms with Gasteiger partial charge in [-0.15, -0.1) is 11.3 Å². The zero-order valence-electron chi connectivity index (χ0n) is 17.4. The minimum Gasteiger partial charge on any atom is -0.507 e. The highest BCUT2D eigenvalue weighted by atomic mass is 35.5. The smallest absolute Gasteiger partial charge is 0.343 e. The van der Waals surface area contributed by atoms with Gasteiger partial charge in [-0.05, 0) is 61.9 Å². The van der Waals surface area contributed by atoms with Gasteiger partial charge in [-0.3, -0.25) is 0 Å². The first-order valence-corrected chi connectivity index (χ1v) is 11.8. The standard InChI is InChI=1S/C25H27ClO3S/c1-3-21-23(27)22(14-20-11-4-15(2)30-20)25(28)29-24(21)18(12-16-5-6-16)13-17-7-9-19(26)10-8-17/h4,7-11,16,18,27H,3,5-6,12-14H2,1-2H3. The van der Waals surface area contributed by atoms with Gasteiger partial charge in [0.1, 0.15) is 11.5 Å². The molecule has 2 aromatic heterocycles. The zero-order valence-corrected chi connectivity index (χ0v) is 19.0. The van der Waals surface area contributed by atoms with Crippen molar-refractivity contribution in [2.45, 2.75) is 58.3 Å². The average molecular weight is 443 g/mol. The molecule has 0 bridgehead atoms. The summed E-state index contributed by atoms with van der Waals surface area (Å²) in [6, 6.07) is 11.9. The molecule has 0 spiro atoms. The van der Waals surface area contributed by atoms with Crippen molar-refractivity contribution in [2.75, 3.05) is 0 Å². The van der Waals surface area contributed by atoms with Crippen molar-refractivity contribution in [3.8, 4) is 5.75 Å². The van der Waals surface area contributed by atoms with Crippen LogP contribution in [0.25, 0.3) is 0 Å². The molecule has 1 aromatic carbocycles. The minimum atomic E-state index is -0.414. The van der Waals surface area contributed by atoms with E-state index in [4.69, 9.17) is 16.0 Å². The third-order valence-corrected chi connectivity index (χ3v) is 7.15. The molecule has 1 aliphatic carbocycles. The molecule has 1 fully saturated rings. The first kappa shape index (κ1) is 21.2. The third-order valence-electron chi connectivity index (χ3n) is 5.90.